The van der Waals surface area contributed by atoms with Gasteiger partial charge in [-0.25, -0.2) is 4.79 Å². The van der Waals surface area contributed by atoms with Gasteiger partial charge in [-0.1, -0.05) is 0 Å². The molecule has 1 amide bonds. The van der Waals surface area contributed by atoms with Crippen molar-refractivity contribution in [3.63, 3.8) is 0 Å². The Kier molecular flexibility index (Phi) is 4.71. The molecule has 1 N–H and O–H groups in total. The van der Waals surface area contributed by atoms with Crippen molar-refractivity contribution in [3.8, 4) is 0 Å². The number of carbonyl (C=O) groups is 2. The van der Waals surface area contributed by atoms with E-state index in [1.807, 2.05) is 12.1 Å². The van der Waals surface area contributed by atoms with Gasteiger partial charge >= 0.3 is 5.97 Å². The highest BCUT2D eigenvalue weighted by Gasteiger charge is 2.35. The predicted molar refractivity (Wildman–Crippen MR) is 99.3 cm³/mol. The van der Waals surface area contributed by atoms with E-state index in [1.165, 1.54) is 38.0 Å². The minimum Gasteiger partial charge on any atom is -0.465 e. The van der Waals surface area contributed by atoms with Crippen molar-refractivity contribution in [1.29, 1.82) is 0 Å². The summed E-state index contributed by atoms with van der Waals surface area (Å²) in [6.07, 6.45) is 4.78. The Morgan fingerprint density at radius 3 is 2.38 bits per heavy atom. The van der Waals surface area contributed by atoms with Crippen LogP contribution in [0, 0.1) is 0 Å². The Labute approximate surface area is 154 Å². The molecule has 4 rings (SSSR count). The fourth-order valence-electron chi connectivity index (χ4n) is 4.44. The molecule has 1 saturated heterocycles. The molecule has 1 unspecified atom stereocenters. The third-order valence-corrected chi connectivity index (χ3v) is 5.89. The Hall–Kier alpha value is -1.92. The van der Waals surface area contributed by atoms with E-state index >= 15 is 0 Å². The SMILES string of the molecule is COC(=O)c1cc2c(cc1NC(C)=O)CCC2N1CCN(C2CC2)CC1. The molecule has 1 aliphatic heterocycles. The Balaban J connectivity index is 1.57. The van der Waals surface area contributed by atoms with E-state index in [-0.39, 0.29) is 5.91 Å². The molecule has 26 heavy (non-hydrogen) atoms. The smallest absolute Gasteiger partial charge is 0.339 e. The molecule has 1 heterocycles. The van der Waals surface area contributed by atoms with Crippen LogP contribution in [0.4, 0.5) is 5.69 Å². The molecule has 3 aliphatic rings. The zero-order valence-electron chi connectivity index (χ0n) is 15.6. The number of benzene rings is 1. The van der Waals surface area contributed by atoms with E-state index in [2.05, 4.69) is 15.1 Å². The molecule has 0 radical (unpaired) electrons. The van der Waals surface area contributed by atoms with Gasteiger partial charge in [-0.3, -0.25) is 14.6 Å². The van der Waals surface area contributed by atoms with Gasteiger partial charge in [0.1, 0.15) is 0 Å². The van der Waals surface area contributed by atoms with Gasteiger partial charge in [0.25, 0.3) is 0 Å². The largest absolute Gasteiger partial charge is 0.465 e. The summed E-state index contributed by atoms with van der Waals surface area (Å²) in [6, 6.07) is 5.10. The second-order valence-corrected chi connectivity index (χ2v) is 7.63. The number of hydrogen-bond acceptors (Lipinski definition) is 5. The molecule has 0 bridgehead atoms. The van der Waals surface area contributed by atoms with Gasteiger partial charge in [0.2, 0.25) is 5.91 Å². The maximum Gasteiger partial charge on any atom is 0.339 e. The van der Waals surface area contributed by atoms with E-state index in [9.17, 15) is 9.59 Å². The topological polar surface area (TPSA) is 61.9 Å². The molecule has 1 saturated carbocycles. The second kappa shape index (κ2) is 7.00. The lowest BCUT2D eigenvalue weighted by Gasteiger charge is -2.38. The van der Waals surface area contributed by atoms with Gasteiger partial charge in [0.05, 0.1) is 18.4 Å². The van der Waals surface area contributed by atoms with Crippen LogP contribution in [0.15, 0.2) is 12.1 Å². The number of piperazine rings is 1. The number of nitrogens with zero attached hydrogens (tertiary/aromatic N) is 2. The van der Waals surface area contributed by atoms with Crippen molar-refractivity contribution in [2.24, 2.45) is 0 Å². The van der Waals surface area contributed by atoms with E-state index in [4.69, 9.17) is 4.74 Å². The summed E-state index contributed by atoms with van der Waals surface area (Å²) in [5.41, 5.74) is 3.46. The fourth-order valence-corrected chi connectivity index (χ4v) is 4.44. The first-order valence-electron chi connectivity index (χ1n) is 9.57. The van der Waals surface area contributed by atoms with Crippen molar-refractivity contribution in [2.45, 2.75) is 44.7 Å². The van der Waals surface area contributed by atoms with Gasteiger partial charge in [0, 0.05) is 45.2 Å². The zero-order chi connectivity index (χ0) is 18.3. The van der Waals surface area contributed by atoms with Gasteiger partial charge in [-0.2, -0.15) is 0 Å². The van der Waals surface area contributed by atoms with Crippen molar-refractivity contribution in [2.75, 3.05) is 38.6 Å². The molecular formula is C20H27N3O3. The number of aryl methyl sites for hydroxylation is 1. The minimum absolute atomic E-state index is 0.180. The summed E-state index contributed by atoms with van der Waals surface area (Å²) >= 11 is 0. The summed E-state index contributed by atoms with van der Waals surface area (Å²) in [5.74, 6) is -0.582. The maximum atomic E-state index is 12.2. The third kappa shape index (κ3) is 3.35. The Morgan fingerprint density at radius 2 is 1.77 bits per heavy atom. The number of fused-ring (bicyclic) bond motifs is 1. The van der Waals surface area contributed by atoms with Gasteiger partial charge in [-0.15, -0.1) is 0 Å². The van der Waals surface area contributed by atoms with E-state index in [0.29, 0.717) is 17.3 Å². The van der Waals surface area contributed by atoms with Gasteiger partial charge < -0.3 is 10.1 Å². The molecule has 0 spiro atoms. The van der Waals surface area contributed by atoms with Crippen molar-refractivity contribution < 1.29 is 14.3 Å². The molecule has 2 fully saturated rings. The zero-order valence-corrected chi connectivity index (χ0v) is 15.6. The molecule has 1 atom stereocenters. The van der Waals surface area contributed by atoms with Crippen LogP contribution in [-0.2, 0) is 16.0 Å². The maximum absolute atomic E-state index is 12.2. The van der Waals surface area contributed by atoms with Crippen LogP contribution in [0.25, 0.3) is 0 Å². The number of carbonyl (C=O) groups excluding carboxylic acids is 2. The Bertz CT molecular complexity index is 721. The first-order chi connectivity index (χ1) is 12.6. The quantitative estimate of drug-likeness (QED) is 0.837. The molecule has 1 aromatic carbocycles. The number of rotatable bonds is 4. The van der Waals surface area contributed by atoms with Crippen LogP contribution in [0.2, 0.25) is 0 Å². The van der Waals surface area contributed by atoms with Crippen LogP contribution >= 0.6 is 0 Å². The molecule has 140 valence electrons. The number of hydrogen-bond donors (Lipinski definition) is 1. The van der Waals surface area contributed by atoms with Crippen LogP contribution in [-0.4, -0.2) is 61.0 Å². The third-order valence-electron chi connectivity index (χ3n) is 5.89. The first kappa shape index (κ1) is 17.5. The monoisotopic (exact) mass is 357 g/mol. The number of methoxy groups -OCH3 is 1. The van der Waals surface area contributed by atoms with Crippen LogP contribution in [0.5, 0.6) is 0 Å². The van der Waals surface area contributed by atoms with Gasteiger partial charge in [-0.05, 0) is 48.9 Å². The lowest BCUT2D eigenvalue weighted by molar-refractivity contribution is -0.114. The van der Waals surface area contributed by atoms with Crippen LogP contribution in [0.3, 0.4) is 0 Å². The molecule has 6 heteroatoms. The summed E-state index contributed by atoms with van der Waals surface area (Å²) in [5, 5.41) is 2.78. The second-order valence-electron chi connectivity index (χ2n) is 7.63. The van der Waals surface area contributed by atoms with E-state index in [1.54, 1.807) is 0 Å². The summed E-state index contributed by atoms with van der Waals surface area (Å²) in [4.78, 5) is 28.9. The molecular weight excluding hydrogens is 330 g/mol. The summed E-state index contributed by atoms with van der Waals surface area (Å²) < 4.78 is 4.94. The van der Waals surface area contributed by atoms with Crippen molar-refractivity contribution in [1.82, 2.24) is 9.80 Å². The number of esters is 1. The highest BCUT2D eigenvalue weighted by atomic mass is 16.5. The number of anilines is 1. The van der Waals surface area contributed by atoms with Crippen LogP contribution < -0.4 is 5.32 Å². The van der Waals surface area contributed by atoms with E-state index in [0.717, 1.165) is 45.1 Å². The molecule has 2 aliphatic carbocycles. The van der Waals surface area contributed by atoms with Crippen LogP contribution in [0.1, 0.15) is 53.7 Å². The Morgan fingerprint density at radius 1 is 1.08 bits per heavy atom. The number of ether oxygens (including phenoxy) is 1. The lowest BCUT2D eigenvalue weighted by atomic mass is 10.0. The first-order valence-corrected chi connectivity index (χ1v) is 9.57. The fraction of sp³-hybridized carbons (Fsp3) is 0.600. The predicted octanol–water partition coefficient (Wildman–Crippen LogP) is 2.20. The summed E-state index contributed by atoms with van der Waals surface area (Å²) in [6.45, 7) is 5.91. The lowest BCUT2D eigenvalue weighted by Crippen LogP contribution is -2.48. The molecule has 6 nitrogen and oxygen atoms in total. The van der Waals surface area contributed by atoms with E-state index < -0.39 is 5.97 Å². The highest BCUT2D eigenvalue weighted by Crippen LogP contribution is 2.40. The average molecular weight is 357 g/mol. The highest BCUT2D eigenvalue weighted by molar-refractivity contribution is 6.01. The average Bonchev–Trinajstić information content (AvgIpc) is 3.40. The number of amides is 1. The minimum atomic E-state index is -0.402. The number of nitrogens with one attached hydrogen (secondary N) is 1. The van der Waals surface area contributed by atoms with Gasteiger partial charge in [0.15, 0.2) is 0 Å². The van der Waals surface area contributed by atoms with Crippen molar-refractivity contribution >= 4 is 17.6 Å². The summed E-state index contributed by atoms with van der Waals surface area (Å²) in [7, 11) is 1.38. The molecule has 1 aromatic rings. The standard InChI is InChI=1S/C20H27N3O3/c1-13(24)21-18-11-14-3-6-19(16(14)12-17(18)20(25)26-2)23-9-7-22(8-10-23)15-4-5-15/h11-12,15,19H,3-10H2,1-2H3,(H,21,24). The van der Waals surface area contributed by atoms with Crippen molar-refractivity contribution in [3.05, 3.63) is 28.8 Å². The normalized spacial score (nSPS) is 23.5. The molecule has 0 aromatic heterocycles.